The van der Waals surface area contributed by atoms with E-state index in [-0.39, 0.29) is 4.90 Å². The van der Waals surface area contributed by atoms with Crippen LogP contribution in [0.3, 0.4) is 0 Å². The molecule has 26 heavy (non-hydrogen) atoms. The first-order chi connectivity index (χ1) is 12.4. The molecule has 0 bridgehead atoms. The molecule has 3 aromatic rings. The summed E-state index contributed by atoms with van der Waals surface area (Å²) in [5.41, 5.74) is 1.61. The fourth-order valence-corrected chi connectivity index (χ4v) is 3.38. The highest BCUT2D eigenvalue weighted by atomic mass is 35.5. The lowest BCUT2D eigenvalue weighted by Crippen LogP contribution is -2.18. The fourth-order valence-electron chi connectivity index (χ4n) is 2.19. The van der Waals surface area contributed by atoms with Crippen molar-refractivity contribution in [3.63, 3.8) is 0 Å². The Hall–Kier alpha value is -2.28. The predicted molar refractivity (Wildman–Crippen MR) is 103 cm³/mol. The van der Waals surface area contributed by atoms with Gasteiger partial charge in [0.1, 0.15) is 11.5 Å². The van der Waals surface area contributed by atoms with Gasteiger partial charge in [-0.2, -0.15) is 18.4 Å². The number of halogens is 2. The number of benzene rings is 2. The maximum Gasteiger partial charge on any atom is 0.276 e. The number of nitrogens with one attached hydrogen (secondary N) is 1. The number of hydrogen-bond donors (Lipinski definition) is 1. The van der Waals surface area contributed by atoms with Gasteiger partial charge in [0.05, 0.1) is 21.2 Å². The van der Waals surface area contributed by atoms with Gasteiger partial charge in [-0.15, -0.1) is 0 Å². The molecule has 2 aromatic carbocycles. The molecule has 0 aliphatic rings. The summed E-state index contributed by atoms with van der Waals surface area (Å²) in [4.78, 5) is 2.28. The third-order valence-corrected chi connectivity index (χ3v) is 5.60. The van der Waals surface area contributed by atoms with Crippen molar-refractivity contribution in [2.75, 3.05) is 0 Å². The second-order valence-corrected chi connectivity index (χ2v) is 7.92. The molecule has 0 aliphatic carbocycles. The summed E-state index contributed by atoms with van der Waals surface area (Å²) in [6.45, 7) is 1.88. The molecule has 1 N–H and O–H groups in total. The Kier molecular flexibility index (Phi) is 5.36. The Morgan fingerprint density at radius 3 is 2.50 bits per heavy atom. The van der Waals surface area contributed by atoms with E-state index in [1.54, 1.807) is 42.5 Å². The number of aryl methyl sites for hydroxylation is 1. The minimum Gasteiger partial charge on any atom is -0.455 e. The molecule has 134 valence electrons. The maximum absolute atomic E-state index is 12.2. The summed E-state index contributed by atoms with van der Waals surface area (Å²) in [6.07, 6.45) is 1.27. The smallest absolute Gasteiger partial charge is 0.276 e. The molecule has 0 amide bonds. The van der Waals surface area contributed by atoms with E-state index >= 15 is 0 Å². The molecule has 0 atom stereocenters. The molecule has 0 unspecified atom stereocenters. The Bertz CT molecular complexity index is 1060. The third-order valence-electron chi connectivity index (χ3n) is 3.54. The lowest BCUT2D eigenvalue weighted by molar-refractivity contribution is 0.573. The van der Waals surface area contributed by atoms with Crippen LogP contribution >= 0.6 is 23.2 Å². The van der Waals surface area contributed by atoms with Gasteiger partial charge in [0.15, 0.2) is 0 Å². The van der Waals surface area contributed by atoms with Crippen LogP contribution in [0, 0.1) is 6.92 Å². The number of hydrazone groups is 1. The summed E-state index contributed by atoms with van der Waals surface area (Å²) in [6, 6.07) is 15.0. The van der Waals surface area contributed by atoms with Crippen molar-refractivity contribution in [2.24, 2.45) is 5.10 Å². The van der Waals surface area contributed by atoms with Gasteiger partial charge in [0.25, 0.3) is 10.0 Å². The second-order valence-electron chi connectivity index (χ2n) is 5.47. The molecule has 0 radical (unpaired) electrons. The number of furan rings is 1. The number of sulfonamides is 1. The van der Waals surface area contributed by atoms with Gasteiger partial charge in [-0.3, -0.25) is 0 Å². The number of hydrogen-bond acceptors (Lipinski definition) is 4. The van der Waals surface area contributed by atoms with Crippen molar-refractivity contribution < 1.29 is 12.8 Å². The van der Waals surface area contributed by atoms with Crippen LogP contribution in [0.25, 0.3) is 11.3 Å². The molecule has 0 spiro atoms. The monoisotopic (exact) mass is 408 g/mol. The lowest BCUT2D eigenvalue weighted by atomic mass is 10.2. The topological polar surface area (TPSA) is 71.7 Å². The quantitative estimate of drug-likeness (QED) is 0.483. The van der Waals surface area contributed by atoms with E-state index in [1.165, 1.54) is 18.3 Å². The zero-order chi connectivity index (χ0) is 18.7. The Morgan fingerprint density at radius 1 is 1.04 bits per heavy atom. The van der Waals surface area contributed by atoms with Crippen molar-refractivity contribution >= 4 is 39.4 Å². The van der Waals surface area contributed by atoms with Gasteiger partial charge >= 0.3 is 0 Å². The zero-order valence-corrected chi connectivity index (χ0v) is 15.9. The summed E-state index contributed by atoms with van der Waals surface area (Å²) in [5, 5.41) is 4.54. The van der Waals surface area contributed by atoms with Crippen molar-refractivity contribution in [3.05, 3.63) is 76.0 Å². The van der Waals surface area contributed by atoms with Crippen LogP contribution < -0.4 is 4.83 Å². The van der Waals surface area contributed by atoms with E-state index in [0.717, 1.165) is 5.56 Å². The first-order valence-electron chi connectivity index (χ1n) is 7.52. The van der Waals surface area contributed by atoms with Gasteiger partial charge in [0, 0.05) is 5.56 Å². The Labute approximate surface area is 161 Å². The Balaban J connectivity index is 1.75. The lowest BCUT2D eigenvalue weighted by Gasteiger charge is -2.03. The van der Waals surface area contributed by atoms with Crippen LogP contribution in [-0.4, -0.2) is 14.6 Å². The Morgan fingerprint density at radius 2 is 1.77 bits per heavy atom. The van der Waals surface area contributed by atoms with Crippen molar-refractivity contribution in [3.8, 4) is 11.3 Å². The van der Waals surface area contributed by atoms with Crippen LogP contribution in [0.2, 0.25) is 10.0 Å². The SMILES string of the molecule is Cc1ccc(S(=O)(=O)NN=Cc2ccc(-c3cccc(Cl)c3Cl)o2)cc1. The molecule has 1 aromatic heterocycles. The van der Waals surface area contributed by atoms with Gasteiger partial charge in [-0.25, -0.2) is 0 Å². The molecule has 0 saturated carbocycles. The van der Waals surface area contributed by atoms with E-state index in [1.807, 2.05) is 6.92 Å². The highest BCUT2D eigenvalue weighted by molar-refractivity contribution is 7.89. The molecule has 0 fully saturated rings. The molecule has 3 rings (SSSR count). The summed E-state index contributed by atoms with van der Waals surface area (Å²) in [5.74, 6) is 0.864. The van der Waals surface area contributed by atoms with Crippen LogP contribution in [0.1, 0.15) is 11.3 Å². The van der Waals surface area contributed by atoms with E-state index in [2.05, 4.69) is 9.93 Å². The van der Waals surface area contributed by atoms with Gasteiger partial charge in [-0.1, -0.05) is 47.0 Å². The van der Waals surface area contributed by atoms with Crippen molar-refractivity contribution in [2.45, 2.75) is 11.8 Å². The minimum atomic E-state index is -3.73. The molecular weight excluding hydrogens is 395 g/mol. The van der Waals surface area contributed by atoms with E-state index in [4.69, 9.17) is 27.6 Å². The van der Waals surface area contributed by atoms with Crippen LogP contribution in [0.4, 0.5) is 0 Å². The standard InChI is InChI=1S/C18H14Cl2N2O3S/c1-12-5-8-14(9-6-12)26(23,24)22-21-11-13-7-10-17(25-13)15-3-2-4-16(19)18(15)20/h2-11,22H,1H3. The first-order valence-corrected chi connectivity index (χ1v) is 9.76. The number of nitrogens with zero attached hydrogens (tertiary/aromatic N) is 1. The number of rotatable bonds is 5. The molecule has 0 saturated heterocycles. The van der Waals surface area contributed by atoms with Gasteiger partial charge in [0.2, 0.25) is 0 Å². The van der Waals surface area contributed by atoms with E-state index in [0.29, 0.717) is 27.1 Å². The van der Waals surface area contributed by atoms with Crippen molar-refractivity contribution in [1.29, 1.82) is 0 Å². The normalized spacial score (nSPS) is 11.8. The third kappa shape index (κ3) is 4.09. The highest BCUT2D eigenvalue weighted by Crippen LogP contribution is 2.34. The first kappa shape index (κ1) is 18.5. The van der Waals surface area contributed by atoms with Crippen LogP contribution in [-0.2, 0) is 10.0 Å². The van der Waals surface area contributed by atoms with E-state index in [9.17, 15) is 8.42 Å². The van der Waals surface area contributed by atoms with Crippen LogP contribution in [0.5, 0.6) is 0 Å². The van der Waals surface area contributed by atoms with Crippen molar-refractivity contribution in [1.82, 2.24) is 4.83 Å². The average Bonchev–Trinajstić information content (AvgIpc) is 3.06. The van der Waals surface area contributed by atoms with Gasteiger partial charge < -0.3 is 4.42 Å². The molecule has 5 nitrogen and oxygen atoms in total. The minimum absolute atomic E-state index is 0.131. The molecule has 8 heteroatoms. The summed E-state index contributed by atoms with van der Waals surface area (Å²) < 4.78 is 29.9. The predicted octanol–water partition coefficient (Wildman–Crippen LogP) is 4.87. The largest absolute Gasteiger partial charge is 0.455 e. The van der Waals surface area contributed by atoms with E-state index < -0.39 is 10.0 Å². The molecule has 0 aliphatic heterocycles. The zero-order valence-electron chi connectivity index (χ0n) is 13.6. The molecule has 1 heterocycles. The summed E-state index contributed by atoms with van der Waals surface area (Å²) in [7, 11) is -3.73. The molecular formula is C18H14Cl2N2O3S. The highest BCUT2D eigenvalue weighted by Gasteiger charge is 2.13. The maximum atomic E-state index is 12.2. The van der Waals surface area contributed by atoms with Gasteiger partial charge in [-0.05, 0) is 43.3 Å². The fraction of sp³-hybridized carbons (Fsp3) is 0.0556. The van der Waals surface area contributed by atoms with Crippen LogP contribution in [0.15, 0.2) is 69.0 Å². The summed E-state index contributed by atoms with van der Waals surface area (Å²) >= 11 is 12.2. The average molecular weight is 409 g/mol. The second kappa shape index (κ2) is 7.53.